The number of nitrogens with one attached hydrogen (secondary N) is 1. The van der Waals surface area contributed by atoms with Crippen LogP contribution in [0.2, 0.25) is 0 Å². The molecule has 10 atom stereocenters. The lowest BCUT2D eigenvalue weighted by molar-refractivity contribution is -0.347. The van der Waals surface area contributed by atoms with Gasteiger partial charge in [-0.15, -0.1) is 0 Å². The molecule has 0 aliphatic carbocycles. The average Bonchev–Trinajstić information content (AvgIpc) is 2.80. The average molecular weight is 549 g/mol. The van der Waals surface area contributed by atoms with Gasteiger partial charge in [-0.05, 0) is 25.8 Å². The number of nitrogens with two attached hydrogens (primary N) is 1. The molecule has 1 amide bonds. The van der Waals surface area contributed by atoms with Crippen molar-refractivity contribution in [2.75, 3.05) is 26.4 Å². The number of carbonyl (C=O) groups is 1. The molecule has 2 heterocycles. The maximum atomic E-state index is 11.8. The van der Waals surface area contributed by atoms with Crippen molar-refractivity contribution in [3.63, 3.8) is 0 Å². The van der Waals surface area contributed by atoms with Gasteiger partial charge in [0.05, 0.1) is 13.2 Å². The van der Waals surface area contributed by atoms with Crippen LogP contribution in [0.15, 0.2) is 0 Å². The molecule has 17 heteroatoms. The van der Waals surface area contributed by atoms with Crippen LogP contribution in [0.5, 0.6) is 0 Å². The van der Waals surface area contributed by atoms with E-state index in [0.717, 1.165) is 12.8 Å². The molecule has 2 fully saturated rings. The van der Waals surface area contributed by atoms with Gasteiger partial charge >= 0.3 is 10.4 Å². The first kappa shape index (κ1) is 31.2. The van der Waals surface area contributed by atoms with Gasteiger partial charge in [-0.2, -0.15) is 8.42 Å². The quantitative estimate of drug-likeness (QED) is 0.0800. The number of aliphatic hydroxyl groups excluding tert-OH is 5. The van der Waals surface area contributed by atoms with E-state index >= 15 is 0 Å². The van der Waals surface area contributed by atoms with Gasteiger partial charge < -0.3 is 55.5 Å². The van der Waals surface area contributed by atoms with E-state index in [2.05, 4.69) is 9.50 Å². The normalized spacial score (nSPS) is 37.6. The third kappa shape index (κ3) is 8.76. The van der Waals surface area contributed by atoms with Gasteiger partial charge in [0.15, 0.2) is 12.6 Å². The SMILES string of the molecule is CC(=O)N[C@H]1[C@H](OCCCCCN)O[C@H](COS(=O)(=O)O)[C@@H](O[C@@H]2O[C@H](CO)[C@H](O)[C@H](O)[C@H]2O)[C@@H]1O. The molecule has 0 aromatic heterocycles. The highest BCUT2D eigenvalue weighted by molar-refractivity contribution is 7.80. The second-order valence-electron chi connectivity index (χ2n) is 8.49. The highest BCUT2D eigenvalue weighted by Gasteiger charge is 2.51. The number of amides is 1. The first-order valence-corrected chi connectivity index (χ1v) is 12.8. The zero-order valence-corrected chi connectivity index (χ0v) is 20.5. The summed E-state index contributed by atoms with van der Waals surface area (Å²) in [6.45, 7) is 0.166. The van der Waals surface area contributed by atoms with Crippen LogP contribution in [-0.4, -0.2) is 132 Å². The Kier molecular flexibility index (Phi) is 12.3. The molecule has 2 aliphatic rings. The molecule has 2 aliphatic heterocycles. The summed E-state index contributed by atoms with van der Waals surface area (Å²) in [6, 6.07) is -1.24. The van der Waals surface area contributed by atoms with Crippen molar-refractivity contribution in [1.29, 1.82) is 0 Å². The molecular weight excluding hydrogens is 512 g/mol. The fraction of sp³-hybridized carbons (Fsp3) is 0.947. The van der Waals surface area contributed by atoms with Crippen molar-refractivity contribution in [2.45, 2.75) is 87.5 Å². The monoisotopic (exact) mass is 548 g/mol. The molecular formula is C19H36N2O14S. The van der Waals surface area contributed by atoms with Crippen molar-refractivity contribution >= 4 is 16.3 Å². The lowest BCUT2D eigenvalue weighted by atomic mass is 9.95. The Balaban J connectivity index is 2.26. The molecule has 0 unspecified atom stereocenters. The van der Waals surface area contributed by atoms with Crippen LogP contribution in [-0.2, 0) is 38.3 Å². The van der Waals surface area contributed by atoms with Gasteiger partial charge in [0.2, 0.25) is 5.91 Å². The fourth-order valence-corrected chi connectivity index (χ4v) is 4.17. The number of hydrogen-bond acceptors (Lipinski definition) is 14. The topological polar surface area (TPSA) is 257 Å². The minimum Gasteiger partial charge on any atom is -0.394 e. The molecule has 9 N–H and O–H groups in total. The second-order valence-corrected chi connectivity index (χ2v) is 9.58. The van der Waals surface area contributed by atoms with E-state index in [1.165, 1.54) is 6.92 Å². The number of aliphatic hydroxyl groups is 5. The van der Waals surface area contributed by atoms with Crippen LogP contribution >= 0.6 is 0 Å². The molecule has 0 aromatic rings. The largest absolute Gasteiger partial charge is 0.397 e. The van der Waals surface area contributed by atoms with Gasteiger partial charge in [0.1, 0.15) is 48.8 Å². The fourth-order valence-electron chi connectivity index (χ4n) is 3.86. The molecule has 0 radical (unpaired) electrons. The predicted octanol–water partition coefficient (Wildman–Crippen LogP) is -4.27. The zero-order chi connectivity index (χ0) is 27.0. The van der Waals surface area contributed by atoms with Crippen molar-refractivity contribution in [3.8, 4) is 0 Å². The van der Waals surface area contributed by atoms with Crippen molar-refractivity contribution < 1.29 is 66.4 Å². The Morgan fingerprint density at radius 1 is 0.972 bits per heavy atom. The number of rotatable bonds is 13. The summed E-state index contributed by atoms with van der Waals surface area (Å²) >= 11 is 0. The van der Waals surface area contributed by atoms with Crippen molar-refractivity contribution in [2.24, 2.45) is 5.73 Å². The van der Waals surface area contributed by atoms with Crippen LogP contribution in [0.4, 0.5) is 0 Å². The van der Waals surface area contributed by atoms with Crippen LogP contribution in [0.25, 0.3) is 0 Å². The first-order chi connectivity index (χ1) is 16.9. The lowest BCUT2D eigenvalue weighted by Crippen LogP contribution is -2.67. The van der Waals surface area contributed by atoms with Gasteiger partial charge in [0.25, 0.3) is 0 Å². The van der Waals surface area contributed by atoms with Gasteiger partial charge in [-0.25, -0.2) is 4.18 Å². The van der Waals surface area contributed by atoms with Crippen molar-refractivity contribution in [3.05, 3.63) is 0 Å². The summed E-state index contributed by atoms with van der Waals surface area (Å²) in [4.78, 5) is 11.8. The van der Waals surface area contributed by atoms with Crippen LogP contribution in [0.3, 0.4) is 0 Å². The summed E-state index contributed by atoms with van der Waals surface area (Å²) in [5.74, 6) is -0.571. The van der Waals surface area contributed by atoms with Crippen LogP contribution in [0, 0.1) is 0 Å². The Bertz CT molecular complexity index is 786. The van der Waals surface area contributed by atoms with E-state index in [4.69, 9.17) is 29.2 Å². The summed E-state index contributed by atoms with van der Waals surface area (Å²) in [5.41, 5.74) is 5.46. The maximum absolute atomic E-state index is 11.8. The van der Waals surface area contributed by atoms with E-state index in [1.54, 1.807) is 0 Å². The molecule has 2 rings (SSSR count). The number of hydrogen-bond donors (Lipinski definition) is 8. The molecule has 16 nitrogen and oxygen atoms in total. The number of carbonyl (C=O) groups excluding carboxylic acids is 1. The Morgan fingerprint density at radius 2 is 1.64 bits per heavy atom. The lowest BCUT2D eigenvalue weighted by Gasteiger charge is -2.47. The van der Waals surface area contributed by atoms with Gasteiger partial charge in [-0.1, -0.05) is 0 Å². The molecule has 2 saturated heterocycles. The maximum Gasteiger partial charge on any atom is 0.397 e. The van der Waals surface area contributed by atoms with Gasteiger partial charge in [0, 0.05) is 13.5 Å². The van der Waals surface area contributed by atoms with Crippen LogP contribution in [0.1, 0.15) is 26.2 Å². The second kappa shape index (κ2) is 14.2. The Morgan fingerprint density at radius 3 is 2.22 bits per heavy atom. The summed E-state index contributed by atoms with van der Waals surface area (Å²) in [7, 11) is -4.94. The van der Waals surface area contributed by atoms with E-state index < -0.39 is 90.9 Å². The number of unbranched alkanes of at least 4 members (excludes halogenated alkanes) is 2. The Labute approximate surface area is 208 Å². The molecule has 212 valence electrons. The number of ether oxygens (including phenoxy) is 4. The van der Waals surface area contributed by atoms with E-state index in [1.807, 2.05) is 0 Å². The molecule has 0 saturated carbocycles. The molecule has 0 spiro atoms. The van der Waals surface area contributed by atoms with E-state index in [-0.39, 0.29) is 6.61 Å². The van der Waals surface area contributed by atoms with Gasteiger partial charge in [-0.3, -0.25) is 9.35 Å². The van der Waals surface area contributed by atoms with E-state index in [0.29, 0.717) is 13.0 Å². The summed E-state index contributed by atoms with van der Waals surface area (Å²) in [5, 5.41) is 53.2. The first-order valence-electron chi connectivity index (χ1n) is 11.4. The molecule has 0 bridgehead atoms. The molecule has 0 aromatic carbocycles. The Hall–Kier alpha value is -1.06. The smallest absolute Gasteiger partial charge is 0.394 e. The molecule has 36 heavy (non-hydrogen) atoms. The summed E-state index contributed by atoms with van der Waals surface area (Å²) < 4.78 is 57.9. The third-order valence-electron chi connectivity index (χ3n) is 5.69. The highest BCUT2D eigenvalue weighted by atomic mass is 32.3. The standard InChI is InChI=1S/C19H36N2O14S/c1-9(23)21-12-14(25)17(35-19-16(27)15(26)13(24)10(7-22)33-19)11(8-32-36(28,29)30)34-18(12)31-6-4-2-3-5-20/h10-19,22,24-27H,2-8,20H2,1H3,(H,21,23)(H,28,29,30)/t10-,11-,12-,13+,14-,15+,16-,17-,18-,19+/m1/s1. The predicted molar refractivity (Wildman–Crippen MR) is 117 cm³/mol. The zero-order valence-electron chi connectivity index (χ0n) is 19.7. The van der Waals surface area contributed by atoms with Crippen LogP contribution < -0.4 is 11.1 Å². The minimum absolute atomic E-state index is 0.136. The van der Waals surface area contributed by atoms with E-state index in [9.17, 15) is 38.7 Å². The minimum atomic E-state index is -4.94. The summed E-state index contributed by atoms with van der Waals surface area (Å²) in [6.07, 6.45) is -12.4. The third-order valence-corrected chi connectivity index (χ3v) is 6.13. The highest BCUT2D eigenvalue weighted by Crippen LogP contribution is 2.30. The van der Waals surface area contributed by atoms with Crippen molar-refractivity contribution in [1.82, 2.24) is 5.32 Å².